The Morgan fingerprint density at radius 1 is 1.23 bits per heavy atom. The summed E-state index contributed by atoms with van der Waals surface area (Å²) in [6.45, 7) is 11.1. The van der Waals surface area contributed by atoms with E-state index in [-0.39, 0.29) is 35.6 Å². The number of rotatable bonds is 7. The molecule has 3 saturated heterocycles. The first-order valence-corrected chi connectivity index (χ1v) is 11.7. The van der Waals surface area contributed by atoms with E-state index in [0.29, 0.717) is 23.4 Å². The zero-order valence-electron chi connectivity index (χ0n) is 18.5. The topological polar surface area (TPSA) is 61.4 Å². The van der Waals surface area contributed by atoms with E-state index >= 15 is 0 Å². The SMILES string of the molecule is CC(C)CNC(=O)[C@]12NC(=O)[C@@H]3C[C@H]1CN(CC(C)C)[C@H]2[C@@H]3Cc1ccc(Cl)cc1. The van der Waals surface area contributed by atoms with Crippen LogP contribution in [0.3, 0.4) is 0 Å². The second-order valence-electron chi connectivity index (χ2n) is 10.3. The summed E-state index contributed by atoms with van der Waals surface area (Å²) < 4.78 is 0. The van der Waals surface area contributed by atoms with Crippen LogP contribution in [0.4, 0.5) is 0 Å². The highest BCUT2D eigenvalue weighted by Crippen LogP contribution is 2.53. The Kier molecular flexibility index (Phi) is 5.88. The Balaban J connectivity index is 1.70. The molecule has 4 fully saturated rings. The van der Waals surface area contributed by atoms with Crippen LogP contribution in [0.1, 0.15) is 39.7 Å². The first kappa shape index (κ1) is 21.6. The molecule has 30 heavy (non-hydrogen) atoms. The van der Waals surface area contributed by atoms with Crippen LogP contribution >= 0.6 is 11.6 Å². The number of fused-ring (bicyclic) bond motifs is 1. The zero-order valence-corrected chi connectivity index (χ0v) is 19.2. The van der Waals surface area contributed by atoms with E-state index in [1.165, 1.54) is 5.56 Å². The van der Waals surface area contributed by atoms with Crippen molar-refractivity contribution in [3.63, 3.8) is 0 Å². The maximum atomic E-state index is 13.6. The van der Waals surface area contributed by atoms with Gasteiger partial charge in [0.1, 0.15) is 5.54 Å². The molecule has 1 saturated carbocycles. The molecule has 5 rings (SSSR count). The number of hydrogen-bond donors (Lipinski definition) is 2. The highest BCUT2D eigenvalue weighted by molar-refractivity contribution is 6.30. The van der Waals surface area contributed by atoms with Crippen LogP contribution < -0.4 is 10.6 Å². The van der Waals surface area contributed by atoms with Crippen LogP contribution in [0.2, 0.25) is 5.02 Å². The number of likely N-dealkylation sites (tertiary alicyclic amines) is 1. The maximum Gasteiger partial charge on any atom is 0.247 e. The molecule has 0 unspecified atom stereocenters. The van der Waals surface area contributed by atoms with Gasteiger partial charge in [0.25, 0.3) is 0 Å². The van der Waals surface area contributed by atoms with Gasteiger partial charge in [0.15, 0.2) is 0 Å². The number of piperidine rings is 2. The second-order valence-corrected chi connectivity index (χ2v) is 10.7. The second kappa shape index (κ2) is 8.16. The molecule has 4 aliphatic rings. The number of nitrogens with one attached hydrogen (secondary N) is 2. The van der Waals surface area contributed by atoms with Crippen molar-refractivity contribution in [3.05, 3.63) is 34.9 Å². The summed E-state index contributed by atoms with van der Waals surface area (Å²) in [6.07, 6.45) is 1.59. The summed E-state index contributed by atoms with van der Waals surface area (Å²) in [7, 11) is 0. The average molecular weight is 432 g/mol. The lowest BCUT2D eigenvalue weighted by Crippen LogP contribution is -2.78. The summed E-state index contributed by atoms with van der Waals surface area (Å²) in [5.41, 5.74) is 0.364. The molecule has 1 aliphatic carbocycles. The van der Waals surface area contributed by atoms with Gasteiger partial charge >= 0.3 is 0 Å². The number of nitrogens with zero attached hydrogens (tertiary/aromatic N) is 1. The van der Waals surface area contributed by atoms with Gasteiger partial charge in [0.05, 0.1) is 0 Å². The van der Waals surface area contributed by atoms with Crippen LogP contribution in [-0.2, 0) is 16.0 Å². The molecule has 164 valence electrons. The summed E-state index contributed by atoms with van der Waals surface area (Å²) >= 11 is 6.08. The summed E-state index contributed by atoms with van der Waals surface area (Å²) in [5.74, 6) is 1.20. The number of carbonyl (C=O) groups excluding carboxylic acids is 2. The predicted molar refractivity (Wildman–Crippen MR) is 119 cm³/mol. The Morgan fingerprint density at radius 3 is 2.57 bits per heavy atom. The van der Waals surface area contributed by atoms with Gasteiger partial charge < -0.3 is 10.6 Å². The molecule has 3 heterocycles. The van der Waals surface area contributed by atoms with E-state index in [2.05, 4.69) is 43.2 Å². The minimum absolute atomic E-state index is 0.00469. The summed E-state index contributed by atoms with van der Waals surface area (Å²) in [5, 5.41) is 7.10. The first-order chi connectivity index (χ1) is 14.2. The van der Waals surface area contributed by atoms with Crippen molar-refractivity contribution in [1.82, 2.24) is 15.5 Å². The van der Waals surface area contributed by atoms with Crippen LogP contribution in [0.25, 0.3) is 0 Å². The molecular formula is C24H34ClN3O2. The number of hydrogen-bond acceptors (Lipinski definition) is 3. The van der Waals surface area contributed by atoms with Gasteiger partial charge in [-0.25, -0.2) is 0 Å². The van der Waals surface area contributed by atoms with E-state index in [1.807, 2.05) is 24.3 Å². The number of carbonyl (C=O) groups is 2. The monoisotopic (exact) mass is 431 g/mol. The maximum absolute atomic E-state index is 13.6. The van der Waals surface area contributed by atoms with Crippen molar-refractivity contribution < 1.29 is 9.59 Å². The molecule has 4 bridgehead atoms. The number of halogens is 1. The standard InChI is InChI=1S/C24H34ClN3O2/c1-14(2)11-26-23(30)24-17-10-20(22(29)27-24)19(9-16-5-7-18(25)8-6-16)21(24)28(13-17)12-15(3)4/h5-8,14-15,17,19-21H,9-13H2,1-4H3,(H,26,30)(H,27,29)/t17-,19+,20+,21-,24-/m0/s1. The molecule has 0 aromatic heterocycles. The zero-order chi connectivity index (χ0) is 21.6. The molecule has 2 amide bonds. The fourth-order valence-corrected chi connectivity index (χ4v) is 6.16. The Bertz CT molecular complexity index is 809. The Morgan fingerprint density at radius 2 is 1.93 bits per heavy atom. The Labute approximate surface area is 184 Å². The van der Waals surface area contributed by atoms with E-state index in [1.54, 1.807) is 0 Å². The smallest absolute Gasteiger partial charge is 0.247 e. The lowest BCUT2D eigenvalue weighted by atomic mass is 9.58. The molecule has 1 aromatic rings. The van der Waals surface area contributed by atoms with Gasteiger partial charge in [-0.15, -0.1) is 0 Å². The normalized spacial score (nSPS) is 32.7. The third-order valence-corrected chi connectivity index (χ3v) is 7.37. The van der Waals surface area contributed by atoms with Crippen LogP contribution in [0.5, 0.6) is 0 Å². The molecule has 2 N–H and O–H groups in total. The first-order valence-electron chi connectivity index (χ1n) is 11.3. The highest BCUT2D eigenvalue weighted by atomic mass is 35.5. The minimum Gasteiger partial charge on any atom is -0.354 e. The van der Waals surface area contributed by atoms with Crippen molar-refractivity contribution in [2.45, 2.75) is 52.1 Å². The largest absolute Gasteiger partial charge is 0.354 e. The molecule has 1 aromatic carbocycles. The fraction of sp³-hybridized carbons (Fsp3) is 0.667. The Hall–Kier alpha value is -1.59. The molecular weight excluding hydrogens is 398 g/mol. The van der Waals surface area contributed by atoms with E-state index in [9.17, 15) is 9.59 Å². The fourth-order valence-electron chi connectivity index (χ4n) is 6.04. The molecule has 6 heteroatoms. The third kappa shape index (κ3) is 3.64. The molecule has 3 aliphatic heterocycles. The van der Waals surface area contributed by atoms with Crippen molar-refractivity contribution >= 4 is 23.4 Å². The lowest BCUT2D eigenvalue weighted by Gasteiger charge is -2.55. The predicted octanol–water partition coefficient (Wildman–Crippen LogP) is 3.12. The van der Waals surface area contributed by atoms with Crippen molar-refractivity contribution in [3.8, 4) is 0 Å². The van der Waals surface area contributed by atoms with E-state index in [0.717, 1.165) is 25.9 Å². The van der Waals surface area contributed by atoms with Gasteiger partial charge in [-0.1, -0.05) is 51.4 Å². The van der Waals surface area contributed by atoms with Crippen molar-refractivity contribution in [2.24, 2.45) is 29.6 Å². The van der Waals surface area contributed by atoms with Gasteiger partial charge in [0, 0.05) is 42.5 Å². The van der Waals surface area contributed by atoms with Crippen molar-refractivity contribution in [2.75, 3.05) is 19.6 Å². The van der Waals surface area contributed by atoms with Gasteiger partial charge in [-0.2, -0.15) is 0 Å². The molecule has 5 nitrogen and oxygen atoms in total. The third-order valence-electron chi connectivity index (χ3n) is 7.12. The molecule has 0 spiro atoms. The van der Waals surface area contributed by atoms with Crippen LogP contribution in [0, 0.1) is 29.6 Å². The highest BCUT2D eigenvalue weighted by Gasteiger charge is 2.70. The van der Waals surface area contributed by atoms with Crippen LogP contribution in [0.15, 0.2) is 24.3 Å². The average Bonchev–Trinajstić information content (AvgIpc) is 2.89. The lowest BCUT2D eigenvalue weighted by molar-refractivity contribution is -0.154. The van der Waals surface area contributed by atoms with Gasteiger partial charge in [0.2, 0.25) is 11.8 Å². The summed E-state index contributed by atoms with van der Waals surface area (Å²) in [4.78, 5) is 29.2. The minimum atomic E-state index is -0.813. The van der Waals surface area contributed by atoms with E-state index in [4.69, 9.17) is 11.6 Å². The van der Waals surface area contributed by atoms with Crippen LogP contribution in [-0.4, -0.2) is 47.9 Å². The number of benzene rings is 1. The quantitative estimate of drug-likeness (QED) is 0.697. The summed E-state index contributed by atoms with van der Waals surface area (Å²) in [6, 6.07) is 7.95. The van der Waals surface area contributed by atoms with Crippen molar-refractivity contribution in [1.29, 1.82) is 0 Å². The van der Waals surface area contributed by atoms with Gasteiger partial charge in [-0.05, 0) is 48.3 Å². The van der Waals surface area contributed by atoms with Gasteiger partial charge in [-0.3, -0.25) is 14.5 Å². The number of amides is 2. The van der Waals surface area contributed by atoms with E-state index < -0.39 is 5.54 Å². The molecule has 5 atom stereocenters. The molecule has 0 radical (unpaired) electrons.